The number of methoxy groups -OCH3 is 1. The topological polar surface area (TPSA) is 46.5 Å². The Labute approximate surface area is 122 Å². The normalized spacial score (nSPS) is 49.5. The molecule has 3 rings (SSSR count). The minimum Gasteiger partial charge on any atom is -0.481 e. The van der Waals surface area contributed by atoms with Crippen molar-refractivity contribution in [2.24, 2.45) is 47.3 Å². The van der Waals surface area contributed by atoms with Crippen LogP contribution in [0.2, 0.25) is 0 Å². The average molecular weight is 280 g/mol. The van der Waals surface area contributed by atoms with Gasteiger partial charge in [0.2, 0.25) is 0 Å². The van der Waals surface area contributed by atoms with Crippen LogP contribution in [-0.4, -0.2) is 24.8 Å². The molecule has 3 saturated carbocycles. The molecule has 0 aromatic rings. The van der Waals surface area contributed by atoms with Crippen molar-refractivity contribution in [1.29, 1.82) is 0 Å². The SMILES string of the molecule is CCC1CC(CC)C2C3CC(C(COC)C3C(=O)O)C12. The van der Waals surface area contributed by atoms with E-state index in [1.54, 1.807) is 7.11 Å². The second kappa shape index (κ2) is 5.32. The summed E-state index contributed by atoms with van der Waals surface area (Å²) >= 11 is 0. The number of carboxylic acids is 1. The number of ether oxygens (including phenoxy) is 1. The van der Waals surface area contributed by atoms with Gasteiger partial charge < -0.3 is 9.84 Å². The maximum absolute atomic E-state index is 11.8. The molecule has 3 fully saturated rings. The Morgan fingerprint density at radius 1 is 1.10 bits per heavy atom. The fourth-order valence-electron chi connectivity index (χ4n) is 6.32. The van der Waals surface area contributed by atoms with Crippen LogP contribution in [0.5, 0.6) is 0 Å². The first-order valence-corrected chi connectivity index (χ1v) is 8.35. The van der Waals surface area contributed by atoms with Crippen molar-refractivity contribution in [1.82, 2.24) is 0 Å². The summed E-state index contributed by atoms with van der Waals surface area (Å²) in [5.41, 5.74) is 0. The van der Waals surface area contributed by atoms with Gasteiger partial charge in [-0.05, 0) is 54.3 Å². The van der Waals surface area contributed by atoms with E-state index in [1.165, 1.54) is 19.3 Å². The lowest BCUT2D eigenvalue weighted by atomic mass is 9.66. The zero-order valence-electron chi connectivity index (χ0n) is 12.9. The van der Waals surface area contributed by atoms with E-state index in [4.69, 9.17) is 4.74 Å². The molecule has 0 aliphatic heterocycles. The van der Waals surface area contributed by atoms with Crippen LogP contribution >= 0.6 is 0 Å². The fourth-order valence-corrected chi connectivity index (χ4v) is 6.32. The molecule has 8 atom stereocenters. The lowest BCUT2D eigenvalue weighted by Crippen LogP contribution is -2.41. The van der Waals surface area contributed by atoms with E-state index < -0.39 is 5.97 Å². The number of hydrogen-bond donors (Lipinski definition) is 1. The Bertz CT molecular complexity index is 380. The molecular formula is C17H28O3. The lowest BCUT2D eigenvalue weighted by molar-refractivity contribution is -0.149. The largest absolute Gasteiger partial charge is 0.481 e. The van der Waals surface area contributed by atoms with Crippen molar-refractivity contribution in [3.63, 3.8) is 0 Å². The van der Waals surface area contributed by atoms with Crippen molar-refractivity contribution in [3.05, 3.63) is 0 Å². The van der Waals surface area contributed by atoms with E-state index >= 15 is 0 Å². The Hall–Kier alpha value is -0.570. The molecule has 0 saturated heterocycles. The minimum absolute atomic E-state index is 0.147. The molecule has 0 radical (unpaired) electrons. The van der Waals surface area contributed by atoms with Crippen LogP contribution < -0.4 is 0 Å². The van der Waals surface area contributed by atoms with Crippen LogP contribution in [-0.2, 0) is 9.53 Å². The summed E-state index contributed by atoms with van der Waals surface area (Å²) in [4.78, 5) is 11.8. The highest BCUT2D eigenvalue weighted by Crippen LogP contribution is 2.67. The van der Waals surface area contributed by atoms with Gasteiger partial charge in [0.1, 0.15) is 0 Å². The van der Waals surface area contributed by atoms with Gasteiger partial charge in [0.05, 0.1) is 12.5 Å². The van der Waals surface area contributed by atoms with Gasteiger partial charge in [0.25, 0.3) is 0 Å². The Morgan fingerprint density at radius 2 is 1.70 bits per heavy atom. The molecule has 8 unspecified atom stereocenters. The zero-order valence-corrected chi connectivity index (χ0v) is 12.9. The molecule has 0 aromatic heterocycles. The summed E-state index contributed by atoms with van der Waals surface area (Å²) in [6, 6.07) is 0. The Balaban J connectivity index is 1.90. The second-order valence-corrected chi connectivity index (χ2v) is 7.27. The molecule has 2 bridgehead atoms. The molecular weight excluding hydrogens is 252 g/mol. The van der Waals surface area contributed by atoms with Crippen LogP contribution in [0.15, 0.2) is 0 Å². The number of aliphatic carboxylic acids is 1. The van der Waals surface area contributed by atoms with Gasteiger partial charge in [-0.3, -0.25) is 4.79 Å². The van der Waals surface area contributed by atoms with E-state index in [0.717, 1.165) is 24.2 Å². The smallest absolute Gasteiger partial charge is 0.307 e. The summed E-state index contributed by atoms with van der Waals surface area (Å²) in [5, 5.41) is 9.68. The summed E-state index contributed by atoms with van der Waals surface area (Å²) in [7, 11) is 1.71. The number of carbonyl (C=O) groups is 1. The van der Waals surface area contributed by atoms with Crippen molar-refractivity contribution in [2.45, 2.75) is 39.5 Å². The minimum atomic E-state index is -0.576. The van der Waals surface area contributed by atoms with Gasteiger partial charge >= 0.3 is 5.97 Å². The maximum Gasteiger partial charge on any atom is 0.307 e. The van der Waals surface area contributed by atoms with Crippen LogP contribution in [0.3, 0.4) is 0 Å². The van der Waals surface area contributed by atoms with Crippen molar-refractivity contribution >= 4 is 5.97 Å². The van der Waals surface area contributed by atoms with Crippen molar-refractivity contribution in [2.75, 3.05) is 13.7 Å². The van der Waals surface area contributed by atoms with Crippen molar-refractivity contribution in [3.8, 4) is 0 Å². The standard InChI is InChI=1S/C17H28O3/c1-4-9-6-10(5-2)15-12-7-11(14(9)15)13(8-20-3)16(12)17(18)19/h9-16H,4-8H2,1-3H3,(H,18,19). The predicted molar refractivity (Wildman–Crippen MR) is 77.2 cm³/mol. The van der Waals surface area contributed by atoms with E-state index in [2.05, 4.69) is 13.8 Å². The van der Waals surface area contributed by atoms with Crippen LogP contribution in [0.25, 0.3) is 0 Å². The molecule has 3 nitrogen and oxygen atoms in total. The fraction of sp³-hybridized carbons (Fsp3) is 0.941. The van der Waals surface area contributed by atoms with Crippen molar-refractivity contribution < 1.29 is 14.6 Å². The highest BCUT2D eigenvalue weighted by molar-refractivity contribution is 5.72. The molecule has 114 valence electrons. The third-order valence-electron chi connectivity index (χ3n) is 6.84. The van der Waals surface area contributed by atoms with Gasteiger partial charge in [0.15, 0.2) is 0 Å². The first kappa shape index (κ1) is 14.4. The van der Waals surface area contributed by atoms with E-state index in [-0.39, 0.29) is 11.8 Å². The summed E-state index contributed by atoms with van der Waals surface area (Å²) in [5.74, 6) is 3.62. The van der Waals surface area contributed by atoms with Gasteiger partial charge in [-0.2, -0.15) is 0 Å². The molecule has 0 heterocycles. The number of rotatable bonds is 5. The van der Waals surface area contributed by atoms with Crippen LogP contribution in [0.1, 0.15) is 39.5 Å². The molecule has 0 aromatic carbocycles. The predicted octanol–water partition coefficient (Wildman–Crippen LogP) is 3.29. The van der Waals surface area contributed by atoms with Crippen LogP contribution in [0.4, 0.5) is 0 Å². The highest BCUT2D eigenvalue weighted by Gasteiger charge is 2.64. The van der Waals surface area contributed by atoms with E-state index in [1.807, 2.05) is 0 Å². The molecule has 0 spiro atoms. The highest BCUT2D eigenvalue weighted by atomic mass is 16.5. The Kier molecular flexibility index (Phi) is 3.83. The van der Waals surface area contributed by atoms with Gasteiger partial charge in [-0.15, -0.1) is 0 Å². The first-order chi connectivity index (χ1) is 9.63. The van der Waals surface area contributed by atoms with Gasteiger partial charge in [0, 0.05) is 7.11 Å². The molecule has 3 heteroatoms. The van der Waals surface area contributed by atoms with Crippen LogP contribution in [0, 0.1) is 47.3 Å². The molecule has 3 aliphatic rings. The number of hydrogen-bond acceptors (Lipinski definition) is 2. The summed E-state index contributed by atoms with van der Waals surface area (Å²) in [6.45, 7) is 5.23. The third kappa shape index (κ3) is 1.85. The second-order valence-electron chi connectivity index (χ2n) is 7.27. The van der Waals surface area contributed by atoms with E-state index in [0.29, 0.717) is 24.4 Å². The molecule has 20 heavy (non-hydrogen) atoms. The number of fused-ring (bicyclic) bond motifs is 5. The molecule has 1 N–H and O–H groups in total. The molecule has 0 amide bonds. The average Bonchev–Trinajstić information content (AvgIpc) is 3.06. The Morgan fingerprint density at radius 3 is 2.20 bits per heavy atom. The summed E-state index contributed by atoms with van der Waals surface area (Å²) in [6.07, 6.45) is 4.97. The lowest BCUT2D eigenvalue weighted by Gasteiger charge is -2.39. The third-order valence-corrected chi connectivity index (χ3v) is 6.84. The maximum atomic E-state index is 11.8. The first-order valence-electron chi connectivity index (χ1n) is 8.35. The van der Waals surface area contributed by atoms with Gasteiger partial charge in [-0.1, -0.05) is 26.7 Å². The number of carboxylic acid groups (broad SMARTS) is 1. The monoisotopic (exact) mass is 280 g/mol. The van der Waals surface area contributed by atoms with E-state index in [9.17, 15) is 9.90 Å². The van der Waals surface area contributed by atoms with Gasteiger partial charge in [-0.25, -0.2) is 0 Å². The zero-order chi connectivity index (χ0) is 14.4. The quantitative estimate of drug-likeness (QED) is 0.840. The summed E-state index contributed by atoms with van der Waals surface area (Å²) < 4.78 is 5.37. The molecule has 3 aliphatic carbocycles.